The third kappa shape index (κ3) is 4.41. The van der Waals surface area contributed by atoms with Crippen LogP contribution < -0.4 is 4.74 Å². The Labute approximate surface area is 207 Å². The molecule has 0 aliphatic carbocycles. The molecule has 0 N–H and O–H groups in total. The summed E-state index contributed by atoms with van der Waals surface area (Å²) < 4.78 is 35.7. The van der Waals surface area contributed by atoms with Crippen LogP contribution in [0.2, 0.25) is 0 Å². The summed E-state index contributed by atoms with van der Waals surface area (Å²) in [6, 6.07) is 31.6. The van der Waals surface area contributed by atoms with Gasteiger partial charge in [0.15, 0.2) is 0 Å². The molecular weight excluding hydrogens is 454 g/mol. The topological polar surface area (TPSA) is 46.6 Å². The highest BCUT2D eigenvalue weighted by atomic mass is 32.2. The second-order valence-corrected chi connectivity index (χ2v) is 10.5. The average Bonchev–Trinajstić information content (AvgIpc) is 3.24. The number of sulfonamides is 1. The normalized spacial score (nSPS) is 17.6. The van der Waals surface area contributed by atoms with Crippen molar-refractivity contribution in [2.75, 3.05) is 0 Å². The van der Waals surface area contributed by atoms with Crippen molar-refractivity contribution >= 4 is 10.0 Å². The van der Waals surface area contributed by atoms with Crippen molar-refractivity contribution in [1.82, 2.24) is 4.31 Å². The van der Waals surface area contributed by atoms with Gasteiger partial charge in [0.2, 0.25) is 10.0 Å². The smallest absolute Gasteiger partial charge is 0.244 e. The van der Waals surface area contributed by atoms with Crippen LogP contribution >= 0.6 is 0 Å². The summed E-state index contributed by atoms with van der Waals surface area (Å²) in [5.74, 6) is 0.693. The lowest BCUT2D eigenvalue weighted by atomic mass is 9.97. The van der Waals surface area contributed by atoms with Gasteiger partial charge < -0.3 is 4.74 Å². The minimum absolute atomic E-state index is 0.268. The van der Waals surface area contributed by atoms with Crippen molar-refractivity contribution in [3.8, 4) is 5.75 Å². The first-order valence-corrected chi connectivity index (χ1v) is 13.0. The number of hydrogen-bond donors (Lipinski definition) is 0. The Morgan fingerprint density at radius 1 is 0.857 bits per heavy atom. The molecule has 4 aromatic carbocycles. The van der Waals surface area contributed by atoms with E-state index >= 15 is 0 Å². The van der Waals surface area contributed by atoms with Crippen molar-refractivity contribution in [1.29, 1.82) is 0 Å². The maximum atomic E-state index is 14.0. The molecular formula is C30H27NO3S. The van der Waals surface area contributed by atoms with Gasteiger partial charge in [-0.25, -0.2) is 8.42 Å². The summed E-state index contributed by atoms with van der Waals surface area (Å²) in [5.41, 5.74) is 4.82. The van der Waals surface area contributed by atoms with Gasteiger partial charge in [0.1, 0.15) is 12.4 Å². The molecule has 0 unspecified atom stereocenters. The van der Waals surface area contributed by atoms with Gasteiger partial charge in [-0.05, 0) is 53.4 Å². The van der Waals surface area contributed by atoms with Crippen molar-refractivity contribution in [3.63, 3.8) is 0 Å². The lowest BCUT2D eigenvalue weighted by Gasteiger charge is -2.29. The molecule has 1 aliphatic rings. The van der Waals surface area contributed by atoms with Crippen molar-refractivity contribution < 1.29 is 13.2 Å². The van der Waals surface area contributed by atoms with Crippen LogP contribution in [0.3, 0.4) is 0 Å². The summed E-state index contributed by atoms with van der Waals surface area (Å²) in [4.78, 5) is 0.268. The highest BCUT2D eigenvalue weighted by molar-refractivity contribution is 7.89. The molecule has 5 heteroatoms. The molecule has 176 valence electrons. The fourth-order valence-corrected chi connectivity index (χ4v) is 6.39. The van der Waals surface area contributed by atoms with E-state index in [0.29, 0.717) is 12.4 Å². The summed E-state index contributed by atoms with van der Waals surface area (Å²) in [5, 5.41) is 0. The minimum Gasteiger partial charge on any atom is -0.489 e. The quantitative estimate of drug-likeness (QED) is 0.280. The maximum absolute atomic E-state index is 14.0. The number of benzene rings is 4. The lowest BCUT2D eigenvalue weighted by Crippen LogP contribution is -2.33. The molecule has 0 saturated heterocycles. The summed E-state index contributed by atoms with van der Waals surface area (Å²) in [6.45, 7) is 6.37. The van der Waals surface area contributed by atoms with Crippen LogP contribution in [0.4, 0.5) is 0 Å². The van der Waals surface area contributed by atoms with E-state index in [-0.39, 0.29) is 4.90 Å². The Morgan fingerprint density at radius 3 is 2.26 bits per heavy atom. The average molecular weight is 482 g/mol. The molecule has 1 heterocycles. The van der Waals surface area contributed by atoms with E-state index in [1.165, 1.54) is 0 Å². The highest BCUT2D eigenvalue weighted by Crippen LogP contribution is 2.49. The fourth-order valence-electron chi connectivity index (χ4n) is 4.66. The molecule has 0 radical (unpaired) electrons. The first-order chi connectivity index (χ1) is 17.0. The van der Waals surface area contributed by atoms with Gasteiger partial charge >= 0.3 is 0 Å². The third-order valence-electron chi connectivity index (χ3n) is 6.38. The van der Waals surface area contributed by atoms with Gasteiger partial charge in [-0.1, -0.05) is 90.5 Å². The Balaban J connectivity index is 1.57. The van der Waals surface area contributed by atoms with Crippen molar-refractivity contribution in [2.24, 2.45) is 0 Å². The first kappa shape index (κ1) is 23.1. The number of aryl methyl sites for hydroxylation is 1. The van der Waals surface area contributed by atoms with Crippen LogP contribution in [0.1, 0.15) is 39.9 Å². The van der Waals surface area contributed by atoms with Crippen LogP contribution in [-0.4, -0.2) is 12.7 Å². The highest BCUT2D eigenvalue weighted by Gasteiger charge is 2.45. The van der Waals surface area contributed by atoms with Crippen LogP contribution in [0, 0.1) is 6.92 Å². The SMILES string of the molecule is C=C[C@H]1c2ccccc2[C@@H](c2cccc(OCc3ccccc3)c2)N1S(=O)(=O)c1ccc(C)cc1. The van der Waals surface area contributed by atoms with Gasteiger partial charge in [0, 0.05) is 0 Å². The lowest BCUT2D eigenvalue weighted by molar-refractivity contribution is 0.304. The molecule has 1 aliphatic heterocycles. The standard InChI is InChI=1S/C30H27NO3S/c1-3-29-27-14-7-8-15-28(27)30(31(29)35(32,33)26-18-16-22(2)17-19-26)24-12-9-13-25(20-24)34-21-23-10-5-4-6-11-23/h3-20,29-30H,1,21H2,2H3/t29-,30+/m0/s1. The van der Waals surface area contributed by atoms with Crippen molar-refractivity contribution in [3.05, 3.63) is 144 Å². The van der Waals surface area contributed by atoms with Crippen LogP contribution in [0.15, 0.2) is 121 Å². The molecule has 4 nitrogen and oxygen atoms in total. The van der Waals surface area contributed by atoms with Crippen LogP contribution in [0.25, 0.3) is 0 Å². The monoisotopic (exact) mass is 481 g/mol. The Morgan fingerprint density at radius 2 is 1.54 bits per heavy atom. The van der Waals surface area contributed by atoms with Crippen LogP contribution in [0.5, 0.6) is 5.75 Å². The largest absolute Gasteiger partial charge is 0.489 e. The molecule has 0 saturated carbocycles. The molecule has 4 aromatic rings. The van der Waals surface area contributed by atoms with Crippen LogP contribution in [-0.2, 0) is 16.6 Å². The summed E-state index contributed by atoms with van der Waals surface area (Å²) in [6.07, 6.45) is 1.71. The number of rotatable bonds is 7. The summed E-state index contributed by atoms with van der Waals surface area (Å²) in [7, 11) is -3.83. The molecule has 5 rings (SSSR count). The molecule has 35 heavy (non-hydrogen) atoms. The Hall–Kier alpha value is -3.67. The van der Waals surface area contributed by atoms with Gasteiger partial charge in [-0.3, -0.25) is 0 Å². The van der Waals surface area contributed by atoms with E-state index in [2.05, 4.69) is 6.58 Å². The van der Waals surface area contributed by atoms with E-state index < -0.39 is 22.1 Å². The summed E-state index contributed by atoms with van der Waals surface area (Å²) >= 11 is 0. The predicted molar refractivity (Wildman–Crippen MR) is 139 cm³/mol. The molecule has 0 amide bonds. The van der Waals surface area contributed by atoms with E-state index in [4.69, 9.17) is 4.74 Å². The van der Waals surface area contributed by atoms with E-state index in [0.717, 1.165) is 27.8 Å². The van der Waals surface area contributed by atoms with Gasteiger partial charge in [-0.2, -0.15) is 4.31 Å². The zero-order valence-corrected chi connectivity index (χ0v) is 20.4. The molecule has 2 atom stereocenters. The minimum atomic E-state index is -3.83. The fraction of sp³-hybridized carbons (Fsp3) is 0.133. The first-order valence-electron chi connectivity index (χ1n) is 11.6. The predicted octanol–water partition coefficient (Wildman–Crippen LogP) is 6.60. The zero-order valence-electron chi connectivity index (χ0n) is 19.5. The molecule has 0 bridgehead atoms. The number of hydrogen-bond acceptors (Lipinski definition) is 3. The van der Waals surface area contributed by atoms with E-state index in [1.807, 2.05) is 97.9 Å². The van der Waals surface area contributed by atoms with E-state index in [9.17, 15) is 8.42 Å². The number of nitrogens with zero attached hydrogens (tertiary/aromatic N) is 1. The number of fused-ring (bicyclic) bond motifs is 1. The van der Waals surface area contributed by atoms with Gasteiger partial charge in [0.05, 0.1) is 17.0 Å². The number of ether oxygens (including phenoxy) is 1. The van der Waals surface area contributed by atoms with Crippen molar-refractivity contribution in [2.45, 2.75) is 30.5 Å². The zero-order chi connectivity index (χ0) is 24.4. The molecule has 0 aromatic heterocycles. The second kappa shape index (κ2) is 9.53. The maximum Gasteiger partial charge on any atom is 0.244 e. The Bertz CT molecular complexity index is 1450. The second-order valence-electron chi connectivity index (χ2n) is 8.71. The third-order valence-corrected chi connectivity index (χ3v) is 8.24. The molecule has 0 spiro atoms. The Kier molecular flexibility index (Phi) is 6.29. The van der Waals surface area contributed by atoms with Gasteiger partial charge in [-0.15, -0.1) is 6.58 Å². The molecule has 0 fully saturated rings. The van der Waals surface area contributed by atoms with E-state index in [1.54, 1.807) is 22.5 Å². The van der Waals surface area contributed by atoms with Gasteiger partial charge in [0.25, 0.3) is 0 Å².